The van der Waals surface area contributed by atoms with Crippen LogP contribution in [0.4, 0.5) is 0 Å². The molecule has 1 nitrogen and oxygen atoms in total. The number of rotatable bonds is 3. The van der Waals surface area contributed by atoms with Crippen LogP contribution in [-0.4, -0.2) is 10.5 Å². The van der Waals surface area contributed by atoms with Crippen molar-refractivity contribution in [2.45, 2.75) is 31.9 Å². The third-order valence-corrected chi connectivity index (χ3v) is 3.95. The zero-order valence-electron chi connectivity index (χ0n) is 6.68. The molecule has 10 heavy (non-hydrogen) atoms. The molecule has 0 rings (SSSR count). The van der Waals surface area contributed by atoms with Gasteiger partial charge in [-0.1, -0.05) is 42.4 Å². The Morgan fingerprint density at radius 2 is 2.00 bits per heavy atom. The third kappa shape index (κ3) is 8.19. The molecule has 0 fully saturated rings. The fourth-order valence-electron chi connectivity index (χ4n) is 0.306. The summed E-state index contributed by atoms with van der Waals surface area (Å²) in [6.07, 6.45) is 0.660. The molecule has 0 saturated heterocycles. The first kappa shape index (κ1) is 10.2. The predicted molar refractivity (Wildman–Crippen MR) is 50.0 cm³/mol. The molecule has 0 aliphatic rings. The molecule has 0 aliphatic heterocycles. The summed E-state index contributed by atoms with van der Waals surface area (Å²) < 4.78 is 0.320. The molecular formula is C7H13NS2. The second kappa shape index (κ2) is 4.92. The number of hydrogen-bond acceptors (Lipinski definition) is 3. The molecule has 58 valence electrons. The number of hydrogen-bond donors (Lipinski definition) is 0. The molecule has 0 N–H and O–H groups in total. The van der Waals surface area contributed by atoms with Crippen molar-refractivity contribution >= 4 is 21.6 Å². The maximum atomic E-state index is 8.22. The first-order chi connectivity index (χ1) is 4.56. The smallest absolute Gasteiger partial charge is 0.0630 e. The van der Waals surface area contributed by atoms with Gasteiger partial charge in [0.1, 0.15) is 0 Å². The van der Waals surface area contributed by atoms with Crippen LogP contribution in [0.1, 0.15) is 27.2 Å². The maximum absolute atomic E-state index is 8.22. The molecular weight excluding hydrogens is 162 g/mol. The monoisotopic (exact) mass is 175 g/mol. The summed E-state index contributed by atoms with van der Waals surface area (Å²) in [7, 11) is 3.62. The minimum absolute atomic E-state index is 0.320. The summed E-state index contributed by atoms with van der Waals surface area (Å²) in [5, 5.41) is 8.22. The van der Waals surface area contributed by atoms with Gasteiger partial charge >= 0.3 is 0 Å². The van der Waals surface area contributed by atoms with Crippen LogP contribution >= 0.6 is 21.6 Å². The number of nitriles is 1. The standard InChI is InChI=1S/C7H13NS2/c1-7(2,3)10-9-6-4-5-8/h4,6H2,1-3H3. The summed E-state index contributed by atoms with van der Waals surface area (Å²) in [5.41, 5.74) is 0. The Bertz CT molecular complexity index is 121. The normalized spacial score (nSPS) is 11.0. The SMILES string of the molecule is CC(C)(C)SSCCC#N. The van der Waals surface area contributed by atoms with E-state index in [0.717, 1.165) is 5.75 Å². The molecule has 3 heteroatoms. The van der Waals surface area contributed by atoms with Crippen LogP contribution in [0.3, 0.4) is 0 Å². The Morgan fingerprint density at radius 3 is 2.40 bits per heavy atom. The van der Waals surface area contributed by atoms with Gasteiger partial charge in [-0.15, -0.1) is 0 Å². The van der Waals surface area contributed by atoms with Crippen LogP contribution in [-0.2, 0) is 0 Å². The van der Waals surface area contributed by atoms with Crippen LogP contribution < -0.4 is 0 Å². The van der Waals surface area contributed by atoms with E-state index in [2.05, 4.69) is 26.8 Å². The van der Waals surface area contributed by atoms with Crippen molar-refractivity contribution in [1.82, 2.24) is 0 Å². The zero-order valence-corrected chi connectivity index (χ0v) is 8.31. The molecule has 0 aromatic heterocycles. The lowest BCUT2D eigenvalue weighted by Gasteiger charge is -2.15. The topological polar surface area (TPSA) is 23.8 Å². The van der Waals surface area contributed by atoms with E-state index in [0.29, 0.717) is 11.2 Å². The van der Waals surface area contributed by atoms with E-state index in [1.165, 1.54) is 0 Å². The van der Waals surface area contributed by atoms with Gasteiger partial charge in [0.05, 0.1) is 6.07 Å². The average Bonchev–Trinajstić information content (AvgIpc) is 1.78. The summed E-state index contributed by atoms with van der Waals surface area (Å²) >= 11 is 0. The van der Waals surface area contributed by atoms with E-state index in [1.807, 2.05) is 10.8 Å². The van der Waals surface area contributed by atoms with Crippen molar-refractivity contribution < 1.29 is 0 Å². The summed E-state index contributed by atoms with van der Waals surface area (Å²) in [6.45, 7) is 6.53. The fourth-order valence-corrected chi connectivity index (χ4v) is 2.48. The minimum Gasteiger partial charge on any atom is -0.198 e. The lowest BCUT2D eigenvalue weighted by molar-refractivity contribution is 0.810. The second-order valence-electron chi connectivity index (χ2n) is 2.93. The van der Waals surface area contributed by atoms with E-state index < -0.39 is 0 Å². The first-order valence-electron chi connectivity index (χ1n) is 3.24. The van der Waals surface area contributed by atoms with Gasteiger partial charge in [-0.05, 0) is 0 Å². The molecule has 0 amide bonds. The molecule has 0 bridgehead atoms. The maximum Gasteiger partial charge on any atom is 0.0630 e. The molecule has 0 aromatic carbocycles. The van der Waals surface area contributed by atoms with Crippen LogP contribution in [0.2, 0.25) is 0 Å². The van der Waals surface area contributed by atoms with Gasteiger partial charge in [-0.25, -0.2) is 0 Å². The van der Waals surface area contributed by atoms with Crippen LogP contribution in [0.5, 0.6) is 0 Å². The van der Waals surface area contributed by atoms with Crippen LogP contribution in [0.15, 0.2) is 0 Å². The Balaban J connectivity index is 3.14. The fraction of sp³-hybridized carbons (Fsp3) is 0.857. The molecule has 0 unspecified atom stereocenters. The van der Waals surface area contributed by atoms with Gasteiger partial charge in [0.25, 0.3) is 0 Å². The minimum atomic E-state index is 0.320. The first-order valence-corrected chi connectivity index (χ1v) is 5.56. The highest BCUT2D eigenvalue weighted by atomic mass is 33.1. The van der Waals surface area contributed by atoms with E-state index in [9.17, 15) is 0 Å². The van der Waals surface area contributed by atoms with Gasteiger partial charge in [0, 0.05) is 16.9 Å². The largest absolute Gasteiger partial charge is 0.198 e. The molecule has 0 saturated carbocycles. The molecule has 0 aromatic rings. The summed E-state index contributed by atoms with van der Waals surface area (Å²) in [5.74, 6) is 0.943. The summed E-state index contributed by atoms with van der Waals surface area (Å²) in [6, 6.07) is 2.12. The third-order valence-electron chi connectivity index (χ3n) is 0.606. The number of nitrogens with zero attached hydrogens (tertiary/aromatic N) is 1. The van der Waals surface area contributed by atoms with Crippen molar-refractivity contribution in [2.75, 3.05) is 5.75 Å². The highest BCUT2D eigenvalue weighted by Gasteiger charge is 2.09. The average molecular weight is 175 g/mol. The lowest BCUT2D eigenvalue weighted by Crippen LogP contribution is -2.04. The Labute approximate surface area is 71.0 Å². The van der Waals surface area contributed by atoms with Crippen molar-refractivity contribution in [1.29, 1.82) is 5.26 Å². The predicted octanol–water partition coefficient (Wildman–Crippen LogP) is 3.08. The molecule has 0 atom stereocenters. The van der Waals surface area contributed by atoms with Gasteiger partial charge in [-0.2, -0.15) is 5.26 Å². The molecule has 0 heterocycles. The lowest BCUT2D eigenvalue weighted by atomic mass is 10.3. The Kier molecular flexibility index (Phi) is 5.02. The van der Waals surface area contributed by atoms with E-state index in [-0.39, 0.29) is 0 Å². The van der Waals surface area contributed by atoms with Gasteiger partial charge in [0.2, 0.25) is 0 Å². The van der Waals surface area contributed by atoms with Crippen LogP contribution in [0, 0.1) is 11.3 Å². The van der Waals surface area contributed by atoms with Crippen molar-refractivity contribution in [3.05, 3.63) is 0 Å². The van der Waals surface area contributed by atoms with Crippen molar-refractivity contribution in [3.8, 4) is 6.07 Å². The summed E-state index contributed by atoms with van der Waals surface area (Å²) in [4.78, 5) is 0. The second-order valence-corrected chi connectivity index (χ2v) is 6.17. The highest BCUT2D eigenvalue weighted by Crippen LogP contribution is 2.34. The van der Waals surface area contributed by atoms with Gasteiger partial charge < -0.3 is 0 Å². The van der Waals surface area contributed by atoms with Crippen molar-refractivity contribution in [3.63, 3.8) is 0 Å². The quantitative estimate of drug-likeness (QED) is 0.486. The van der Waals surface area contributed by atoms with Crippen LogP contribution in [0.25, 0.3) is 0 Å². The highest BCUT2D eigenvalue weighted by molar-refractivity contribution is 8.77. The molecule has 0 radical (unpaired) electrons. The van der Waals surface area contributed by atoms with Gasteiger partial charge in [0.15, 0.2) is 0 Å². The molecule has 0 spiro atoms. The Hall–Kier alpha value is 0.190. The van der Waals surface area contributed by atoms with Gasteiger partial charge in [-0.3, -0.25) is 0 Å². The van der Waals surface area contributed by atoms with E-state index in [1.54, 1.807) is 10.8 Å². The van der Waals surface area contributed by atoms with E-state index in [4.69, 9.17) is 5.26 Å². The zero-order chi connectivity index (χ0) is 8.04. The van der Waals surface area contributed by atoms with Crippen molar-refractivity contribution in [2.24, 2.45) is 0 Å². The molecule has 0 aliphatic carbocycles. The van der Waals surface area contributed by atoms with E-state index >= 15 is 0 Å². The Morgan fingerprint density at radius 1 is 1.40 bits per heavy atom.